The molecule has 15 heavy (non-hydrogen) atoms. The summed E-state index contributed by atoms with van der Waals surface area (Å²) in [6, 6.07) is 1.56. The van der Waals surface area contributed by atoms with Crippen molar-refractivity contribution in [1.82, 2.24) is 10.1 Å². The van der Waals surface area contributed by atoms with E-state index in [2.05, 4.69) is 15.0 Å². The van der Waals surface area contributed by atoms with Gasteiger partial charge in [-0.1, -0.05) is 18.0 Å². The minimum Gasteiger partial charge on any atom is -0.363 e. The van der Waals surface area contributed by atoms with Crippen LogP contribution in [0.4, 0.5) is 10.6 Å². The molecule has 2 heterocycles. The molecule has 0 unspecified atom stereocenters. The minimum atomic E-state index is -0.0780. The summed E-state index contributed by atoms with van der Waals surface area (Å²) in [4.78, 5) is 13.6. The molecule has 1 saturated heterocycles. The summed E-state index contributed by atoms with van der Waals surface area (Å²) in [5, 5.41) is 6.34. The Balaban J connectivity index is 1.89. The number of hydrogen-bond acceptors (Lipinski definition) is 3. The molecule has 1 aliphatic heterocycles. The van der Waals surface area contributed by atoms with Crippen LogP contribution in [0, 0.1) is 0 Å². The molecule has 1 fully saturated rings. The van der Waals surface area contributed by atoms with Crippen LogP contribution >= 0.6 is 0 Å². The first-order chi connectivity index (χ1) is 7.36. The second-order valence-electron chi connectivity index (χ2n) is 3.72. The number of amides is 2. The molecule has 82 valence electrons. The fraction of sp³-hybridized carbons (Fsp3) is 0.600. The monoisotopic (exact) mass is 209 g/mol. The zero-order valence-corrected chi connectivity index (χ0v) is 8.61. The number of nitrogens with zero attached hydrogens (tertiary/aromatic N) is 2. The first-order valence-electron chi connectivity index (χ1n) is 5.32. The summed E-state index contributed by atoms with van der Waals surface area (Å²) >= 11 is 0. The summed E-state index contributed by atoms with van der Waals surface area (Å²) in [5.74, 6) is 0.476. The predicted molar refractivity (Wildman–Crippen MR) is 55.6 cm³/mol. The van der Waals surface area contributed by atoms with E-state index >= 15 is 0 Å². The fourth-order valence-corrected chi connectivity index (χ4v) is 1.74. The van der Waals surface area contributed by atoms with Gasteiger partial charge in [0, 0.05) is 19.2 Å². The van der Waals surface area contributed by atoms with Crippen LogP contribution in [0.5, 0.6) is 0 Å². The number of nitrogens with one attached hydrogen (secondary N) is 1. The molecule has 1 aromatic heterocycles. The first-order valence-corrected chi connectivity index (χ1v) is 5.32. The molecule has 5 nitrogen and oxygen atoms in total. The third-order valence-electron chi connectivity index (χ3n) is 2.57. The van der Waals surface area contributed by atoms with Crippen LogP contribution in [0.2, 0.25) is 0 Å². The predicted octanol–water partition coefficient (Wildman–Crippen LogP) is 2.08. The maximum Gasteiger partial charge on any atom is 0.323 e. The zero-order valence-electron chi connectivity index (χ0n) is 8.61. The third-order valence-corrected chi connectivity index (χ3v) is 2.57. The number of urea groups is 1. The molecule has 0 bridgehead atoms. The van der Waals surface area contributed by atoms with Crippen molar-refractivity contribution >= 4 is 11.8 Å². The Hall–Kier alpha value is -1.52. The Kier molecular flexibility index (Phi) is 3.22. The highest BCUT2D eigenvalue weighted by molar-refractivity contribution is 5.88. The van der Waals surface area contributed by atoms with E-state index in [4.69, 9.17) is 0 Å². The van der Waals surface area contributed by atoms with Crippen molar-refractivity contribution in [2.24, 2.45) is 0 Å². The van der Waals surface area contributed by atoms with Gasteiger partial charge in [0.1, 0.15) is 6.26 Å². The number of carbonyl (C=O) groups is 1. The molecule has 0 aromatic carbocycles. The van der Waals surface area contributed by atoms with E-state index in [1.54, 1.807) is 6.07 Å². The van der Waals surface area contributed by atoms with Crippen LogP contribution in [0.1, 0.15) is 25.7 Å². The van der Waals surface area contributed by atoms with Gasteiger partial charge in [-0.2, -0.15) is 0 Å². The van der Waals surface area contributed by atoms with Gasteiger partial charge in [-0.25, -0.2) is 4.79 Å². The molecule has 2 amide bonds. The molecule has 1 aromatic rings. The first kappa shape index (κ1) is 10.0. The highest BCUT2D eigenvalue weighted by Gasteiger charge is 2.15. The van der Waals surface area contributed by atoms with Crippen molar-refractivity contribution < 1.29 is 9.32 Å². The van der Waals surface area contributed by atoms with Gasteiger partial charge in [-0.3, -0.25) is 5.32 Å². The second-order valence-corrected chi connectivity index (χ2v) is 3.72. The van der Waals surface area contributed by atoms with Gasteiger partial charge in [0.15, 0.2) is 5.82 Å². The summed E-state index contributed by atoms with van der Waals surface area (Å²) in [6.45, 7) is 1.67. The molecule has 0 saturated carbocycles. The summed E-state index contributed by atoms with van der Waals surface area (Å²) in [6.07, 6.45) is 6.05. The average Bonchev–Trinajstić information content (AvgIpc) is 2.58. The second kappa shape index (κ2) is 4.82. The standard InChI is InChI=1S/C10H15N3O2/c14-10(11-9-5-8-15-12-9)13-6-3-1-2-4-7-13/h5,8H,1-4,6-7H2,(H,11,12,14). The van der Waals surface area contributed by atoms with Crippen LogP contribution in [0.3, 0.4) is 0 Å². The molecule has 2 rings (SSSR count). The quantitative estimate of drug-likeness (QED) is 0.770. The summed E-state index contributed by atoms with van der Waals surface area (Å²) < 4.78 is 4.64. The summed E-state index contributed by atoms with van der Waals surface area (Å²) in [7, 11) is 0. The van der Waals surface area contributed by atoms with E-state index in [-0.39, 0.29) is 6.03 Å². The number of likely N-dealkylation sites (tertiary alicyclic amines) is 1. The van der Waals surface area contributed by atoms with Crippen molar-refractivity contribution in [2.75, 3.05) is 18.4 Å². The Morgan fingerprint density at radius 2 is 2.07 bits per heavy atom. The Labute approximate surface area is 88.4 Å². The largest absolute Gasteiger partial charge is 0.363 e. The van der Waals surface area contributed by atoms with E-state index in [1.807, 2.05) is 4.90 Å². The van der Waals surface area contributed by atoms with Crippen LogP contribution < -0.4 is 5.32 Å². The lowest BCUT2D eigenvalue weighted by Gasteiger charge is -2.19. The molecular weight excluding hydrogens is 194 g/mol. The zero-order chi connectivity index (χ0) is 10.5. The van der Waals surface area contributed by atoms with Gasteiger partial charge >= 0.3 is 6.03 Å². The maximum absolute atomic E-state index is 11.8. The van der Waals surface area contributed by atoms with E-state index in [0.717, 1.165) is 25.9 Å². The lowest BCUT2D eigenvalue weighted by Crippen LogP contribution is -2.35. The highest BCUT2D eigenvalue weighted by Crippen LogP contribution is 2.11. The molecule has 0 atom stereocenters. The normalized spacial score (nSPS) is 17.2. The molecule has 0 aliphatic carbocycles. The van der Waals surface area contributed by atoms with Gasteiger partial charge < -0.3 is 9.42 Å². The van der Waals surface area contributed by atoms with Gasteiger partial charge in [-0.15, -0.1) is 0 Å². The number of aromatic nitrogens is 1. The van der Waals surface area contributed by atoms with Gasteiger partial charge in [0.05, 0.1) is 0 Å². The molecule has 0 radical (unpaired) electrons. The van der Waals surface area contributed by atoms with Gasteiger partial charge in [0.2, 0.25) is 0 Å². The molecule has 0 spiro atoms. The van der Waals surface area contributed by atoms with Crippen molar-refractivity contribution in [3.8, 4) is 0 Å². The number of hydrogen-bond donors (Lipinski definition) is 1. The average molecular weight is 209 g/mol. The fourth-order valence-electron chi connectivity index (χ4n) is 1.74. The lowest BCUT2D eigenvalue weighted by molar-refractivity contribution is 0.213. The van der Waals surface area contributed by atoms with Gasteiger partial charge in [0.25, 0.3) is 0 Å². The van der Waals surface area contributed by atoms with Gasteiger partial charge in [-0.05, 0) is 12.8 Å². The topological polar surface area (TPSA) is 58.4 Å². The van der Waals surface area contributed by atoms with Crippen LogP contribution in [-0.2, 0) is 0 Å². The lowest BCUT2D eigenvalue weighted by atomic mass is 10.2. The van der Waals surface area contributed by atoms with E-state index in [9.17, 15) is 4.79 Å². The van der Waals surface area contributed by atoms with Crippen molar-refractivity contribution in [2.45, 2.75) is 25.7 Å². The third kappa shape index (κ3) is 2.71. The minimum absolute atomic E-state index is 0.0780. The number of anilines is 1. The highest BCUT2D eigenvalue weighted by atomic mass is 16.5. The molecular formula is C10H15N3O2. The van der Waals surface area contributed by atoms with E-state index in [1.165, 1.54) is 19.1 Å². The maximum atomic E-state index is 11.8. The smallest absolute Gasteiger partial charge is 0.323 e. The van der Waals surface area contributed by atoms with E-state index < -0.39 is 0 Å². The van der Waals surface area contributed by atoms with Crippen LogP contribution in [-0.4, -0.2) is 29.2 Å². The molecule has 5 heteroatoms. The van der Waals surface area contributed by atoms with Crippen molar-refractivity contribution in [3.63, 3.8) is 0 Å². The summed E-state index contributed by atoms with van der Waals surface area (Å²) in [5.41, 5.74) is 0. The van der Waals surface area contributed by atoms with Crippen LogP contribution in [0.25, 0.3) is 0 Å². The Morgan fingerprint density at radius 1 is 1.33 bits per heavy atom. The SMILES string of the molecule is O=C(Nc1ccon1)N1CCCCCC1. The van der Waals surface area contributed by atoms with E-state index in [0.29, 0.717) is 5.82 Å². The number of rotatable bonds is 1. The molecule has 1 N–H and O–H groups in total. The van der Waals surface area contributed by atoms with Crippen molar-refractivity contribution in [3.05, 3.63) is 12.3 Å². The number of carbonyl (C=O) groups excluding carboxylic acids is 1. The van der Waals surface area contributed by atoms with Crippen LogP contribution in [0.15, 0.2) is 16.9 Å². The Morgan fingerprint density at radius 3 is 2.67 bits per heavy atom. The molecule has 1 aliphatic rings. The van der Waals surface area contributed by atoms with Crippen molar-refractivity contribution in [1.29, 1.82) is 0 Å². The Bertz CT molecular complexity index is 302.